The van der Waals surface area contributed by atoms with Gasteiger partial charge in [-0.15, -0.1) is 0 Å². The summed E-state index contributed by atoms with van der Waals surface area (Å²) in [4.78, 5) is 10.6. The molecule has 0 bridgehead atoms. The zero-order valence-corrected chi connectivity index (χ0v) is 8.08. The van der Waals surface area contributed by atoms with Gasteiger partial charge in [-0.25, -0.2) is 0 Å². The second kappa shape index (κ2) is 4.61. The molecule has 68 valence electrons. The van der Waals surface area contributed by atoms with E-state index in [0.717, 1.165) is 29.4 Å². The number of hydrogen-bond donors (Lipinski definition) is 0. The number of allylic oxidation sites excluding steroid dienone is 2. The highest BCUT2D eigenvalue weighted by molar-refractivity contribution is 5.87. The Morgan fingerprint density at radius 3 is 2.38 bits per heavy atom. The average molecular weight is 174 g/mol. The first-order valence-corrected chi connectivity index (χ1v) is 4.50. The number of hydrogen-bond acceptors (Lipinski definition) is 1. The quantitative estimate of drug-likeness (QED) is 0.508. The average Bonchev–Trinajstić information content (AvgIpc) is 2.20. The van der Waals surface area contributed by atoms with Crippen molar-refractivity contribution in [3.63, 3.8) is 0 Å². The molecule has 0 N–H and O–H groups in total. The fourth-order valence-electron chi connectivity index (χ4n) is 1.42. The van der Waals surface area contributed by atoms with Gasteiger partial charge in [-0.1, -0.05) is 37.3 Å². The molecular weight excluding hydrogens is 160 g/mol. The first-order chi connectivity index (χ1) is 6.29. The summed E-state index contributed by atoms with van der Waals surface area (Å²) in [5.41, 5.74) is 3.11. The molecule has 0 saturated carbocycles. The Kier molecular flexibility index (Phi) is 3.44. The van der Waals surface area contributed by atoms with Crippen molar-refractivity contribution in [1.29, 1.82) is 0 Å². The van der Waals surface area contributed by atoms with Gasteiger partial charge < -0.3 is 0 Å². The van der Waals surface area contributed by atoms with Crippen molar-refractivity contribution in [2.45, 2.75) is 20.3 Å². The molecule has 0 saturated heterocycles. The Morgan fingerprint density at radius 1 is 1.31 bits per heavy atom. The Hall–Kier alpha value is -1.37. The van der Waals surface area contributed by atoms with Gasteiger partial charge in [0.1, 0.15) is 6.29 Å². The third kappa shape index (κ3) is 2.28. The molecule has 1 nitrogen and oxygen atoms in total. The van der Waals surface area contributed by atoms with Crippen LogP contribution in [0.3, 0.4) is 0 Å². The lowest BCUT2D eigenvalue weighted by Gasteiger charge is -2.05. The van der Waals surface area contributed by atoms with E-state index in [1.165, 1.54) is 0 Å². The van der Waals surface area contributed by atoms with Gasteiger partial charge in [-0.05, 0) is 30.1 Å². The van der Waals surface area contributed by atoms with Gasteiger partial charge in [-0.2, -0.15) is 0 Å². The predicted molar refractivity (Wildman–Crippen MR) is 55.4 cm³/mol. The number of benzene rings is 1. The fourth-order valence-corrected chi connectivity index (χ4v) is 1.42. The van der Waals surface area contributed by atoms with Crippen LogP contribution in [0.5, 0.6) is 0 Å². The van der Waals surface area contributed by atoms with Crippen molar-refractivity contribution in [2.75, 3.05) is 0 Å². The molecule has 0 aromatic heterocycles. The summed E-state index contributed by atoms with van der Waals surface area (Å²) in [6.45, 7) is 3.92. The Bertz CT molecular complexity index is 309. The molecule has 1 rings (SSSR count). The molecule has 0 aliphatic rings. The number of carbonyl (C=O) groups is 1. The zero-order valence-electron chi connectivity index (χ0n) is 8.08. The van der Waals surface area contributed by atoms with Crippen LogP contribution >= 0.6 is 0 Å². The van der Waals surface area contributed by atoms with E-state index >= 15 is 0 Å². The zero-order chi connectivity index (χ0) is 9.68. The highest BCUT2D eigenvalue weighted by Crippen LogP contribution is 2.20. The molecule has 1 aromatic rings. The molecule has 0 aliphatic carbocycles. The molecule has 0 fully saturated rings. The maximum Gasteiger partial charge on any atom is 0.146 e. The molecule has 0 atom stereocenters. The lowest BCUT2D eigenvalue weighted by Crippen LogP contribution is -1.88. The van der Waals surface area contributed by atoms with Gasteiger partial charge >= 0.3 is 0 Å². The summed E-state index contributed by atoms with van der Waals surface area (Å²) in [5.74, 6) is 0. The van der Waals surface area contributed by atoms with E-state index in [1.54, 1.807) is 0 Å². The Morgan fingerprint density at radius 2 is 1.92 bits per heavy atom. The minimum atomic E-state index is 0.828. The van der Waals surface area contributed by atoms with E-state index in [0.29, 0.717) is 0 Å². The normalized spacial score (nSPS) is 12.2. The maximum absolute atomic E-state index is 10.6. The van der Waals surface area contributed by atoms with Crippen molar-refractivity contribution in [2.24, 2.45) is 0 Å². The molecule has 13 heavy (non-hydrogen) atoms. The van der Waals surface area contributed by atoms with Crippen LogP contribution in [0.25, 0.3) is 5.57 Å². The summed E-state index contributed by atoms with van der Waals surface area (Å²) in [7, 11) is 0. The second-order valence-electron chi connectivity index (χ2n) is 3.00. The molecule has 0 amide bonds. The summed E-state index contributed by atoms with van der Waals surface area (Å²) in [6.07, 6.45) is 1.82. The van der Waals surface area contributed by atoms with Gasteiger partial charge in [0.25, 0.3) is 0 Å². The van der Waals surface area contributed by atoms with Crippen LogP contribution in [-0.2, 0) is 4.79 Å². The molecule has 0 aliphatic heterocycles. The van der Waals surface area contributed by atoms with E-state index in [9.17, 15) is 4.79 Å². The first-order valence-electron chi connectivity index (χ1n) is 4.50. The van der Waals surface area contributed by atoms with Gasteiger partial charge in [0.05, 0.1) is 0 Å². The second-order valence-corrected chi connectivity index (χ2v) is 3.00. The summed E-state index contributed by atoms with van der Waals surface area (Å²) in [6, 6.07) is 10.0. The molecule has 1 heteroatoms. The summed E-state index contributed by atoms with van der Waals surface area (Å²) < 4.78 is 0. The molecular formula is C12H14O. The summed E-state index contributed by atoms with van der Waals surface area (Å²) in [5, 5.41) is 0. The largest absolute Gasteiger partial charge is 0.298 e. The maximum atomic E-state index is 10.6. The van der Waals surface area contributed by atoms with Crippen molar-refractivity contribution >= 4 is 11.9 Å². The van der Waals surface area contributed by atoms with E-state index in [-0.39, 0.29) is 0 Å². The van der Waals surface area contributed by atoms with Crippen molar-refractivity contribution < 1.29 is 4.79 Å². The molecule has 1 aromatic carbocycles. The predicted octanol–water partition coefficient (Wildman–Crippen LogP) is 3.07. The van der Waals surface area contributed by atoms with Crippen LogP contribution in [-0.4, -0.2) is 6.29 Å². The first kappa shape index (κ1) is 9.72. The van der Waals surface area contributed by atoms with Gasteiger partial charge in [-0.3, -0.25) is 4.79 Å². The SMILES string of the molecule is CCC(=C(C)C=O)c1ccccc1. The van der Waals surface area contributed by atoms with Crippen molar-refractivity contribution in [3.8, 4) is 0 Å². The number of carbonyl (C=O) groups excluding carboxylic acids is 1. The van der Waals surface area contributed by atoms with Gasteiger partial charge in [0.15, 0.2) is 0 Å². The third-order valence-electron chi connectivity index (χ3n) is 2.13. The monoisotopic (exact) mass is 174 g/mol. The minimum absolute atomic E-state index is 0.828. The number of aldehydes is 1. The summed E-state index contributed by atoms with van der Waals surface area (Å²) >= 11 is 0. The molecule has 0 unspecified atom stereocenters. The highest BCUT2D eigenvalue weighted by atomic mass is 16.1. The van der Waals surface area contributed by atoms with Crippen LogP contribution in [0.15, 0.2) is 35.9 Å². The van der Waals surface area contributed by atoms with E-state index in [1.807, 2.05) is 37.3 Å². The van der Waals surface area contributed by atoms with Gasteiger partial charge in [0.2, 0.25) is 0 Å². The minimum Gasteiger partial charge on any atom is -0.298 e. The Balaban J connectivity index is 3.12. The van der Waals surface area contributed by atoms with E-state index < -0.39 is 0 Å². The number of rotatable bonds is 3. The van der Waals surface area contributed by atoms with Crippen molar-refractivity contribution in [1.82, 2.24) is 0 Å². The third-order valence-corrected chi connectivity index (χ3v) is 2.13. The smallest absolute Gasteiger partial charge is 0.146 e. The van der Waals surface area contributed by atoms with Crippen LogP contribution in [0.4, 0.5) is 0 Å². The van der Waals surface area contributed by atoms with E-state index in [4.69, 9.17) is 0 Å². The van der Waals surface area contributed by atoms with E-state index in [2.05, 4.69) is 6.92 Å². The lowest BCUT2D eigenvalue weighted by molar-refractivity contribution is -0.104. The molecule has 0 spiro atoms. The Labute approximate surface area is 79.1 Å². The van der Waals surface area contributed by atoms with Gasteiger partial charge in [0, 0.05) is 0 Å². The topological polar surface area (TPSA) is 17.1 Å². The fraction of sp³-hybridized carbons (Fsp3) is 0.250. The standard InChI is InChI=1S/C12H14O/c1-3-12(10(2)9-13)11-7-5-4-6-8-11/h4-9H,3H2,1-2H3. The van der Waals surface area contributed by atoms with Crippen LogP contribution in [0.2, 0.25) is 0 Å². The van der Waals surface area contributed by atoms with Crippen LogP contribution in [0.1, 0.15) is 25.8 Å². The molecule has 0 heterocycles. The van der Waals surface area contributed by atoms with Crippen molar-refractivity contribution in [3.05, 3.63) is 41.5 Å². The van der Waals surface area contributed by atoms with Crippen LogP contribution < -0.4 is 0 Å². The highest BCUT2D eigenvalue weighted by Gasteiger charge is 2.01. The van der Waals surface area contributed by atoms with Crippen LogP contribution in [0, 0.1) is 0 Å². The lowest BCUT2D eigenvalue weighted by atomic mass is 9.99. The molecule has 0 radical (unpaired) electrons.